The number of anilines is 1. The second-order valence-corrected chi connectivity index (χ2v) is 8.24. The second kappa shape index (κ2) is 10.6. The number of nitrogens with zero attached hydrogens (tertiary/aromatic N) is 5. The van der Waals surface area contributed by atoms with E-state index in [1.54, 1.807) is 30.5 Å². The topological polar surface area (TPSA) is 86.9 Å². The molecule has 0 bridgehead atoms. The van der Waals surface area contributed by atoms with Crippen LogP contribution in [-0.4, -0.2) is 37.2 Å². The van der Waals surface area contributed by atoms with Crippen molar-refractivity contribution in [1.82, 2.24) is 24.1 Å². The molecule has 0 aliphatic rings. The van der Waals surface area contributed by atoms with Gasteiger partial charge in [-0.05, 0) is 43.3 Å². The largest absolute Gasteiger partial charge is 0.494 e. The van der Waals surface area contributed by atoms with Crippen LogP contribution >= 0.6 is 0 Å². The lowest BCUT2D eigenvalue weighted by atomic mass is 10.2. The summed E-state index contributed by atoms with van der Waals surface area (Å²) in [4.78, 5) is 26.9. The number of nitrogens with one attached hydrogen (secondary N) is 1. The zero-order valence-electron chi connectivity index (χ0n) is 20.1. The lowest BCUT2D eigenvalue weighted by Gasteiger charge is -2.08. The summed E-state index contributed by atoms with van der Waals surface area (Å²) < 4.78 is 37.2. The van der Waals surface area contributed by atoms with Crippen LogP contribution in [0.4, 0.5) is 14.7 Å². The van der Waals surface area contributed by atoms with E-state index in [2.05, 4.69) is 20.3 Å². The van der Waals surface area contributed by atoms with Crippen LogP contribution in [-0.2, 0) is 13.0 Å². The van der Waals surface area contributed by atoms with Crippen LogP contribution in [0, 0.1) is 11.6 Å². The minimum atomic E-state index is -0.736. The Kier molecular flexibility index (Phi) is 6.89. The molecule has 0 amide bonds. The maximum Gasteiger partial charge on any atom is 0.335 e. The molecule has 0 radical (unpaired) electrons. The van der Waals surface area contributed by atoms with E-state index in [1.165, 1.54) is 21.4 Å². The fourth-order valence-corrected chi connectivity index (χ4v) is 4.08. The summed E-state index contributed by atoms with van der Waals surface area (Å²) in [5.74, 6) is -0.581. The number of hydrogen-bond donors (Lipinski definition) is 1. The summed E-state index contributed by atoms with van der Waals surface area (Å²) in [7, 11) is 0. The smallest absolute Gasteiger partial charge is 0.335 e. The molecule has 188 valence electrons. The Morgan fingerprint density at radius 1 is 1.00 bits per heavy atom. The van der Waals surface area contributed by atoms with Gasteiger partial charge in [0.2, 0.25) is 5.95 Å². The van der Waals surface area contributed by atoms with Gasteiger partial charge in [-0.2, -0.15) is 4.98 Å². The Hall–Kier alpha value is -4.60. The van der Waals surface area contributed by atoms with Crippen LogP contribution in [0.1, 0.15) is 18.2 Å². The highest BCUT2D eigenvalue weighted by Crippen LogP contribution is 2.22. The van der Waals surface area contributed by atoms with Crippen molar-refractivity contribution >= 4 is 17.1 Å². The molecule has 0 aliphatic carbocycles. The quantitative estimate of drug-likeness (QED) is 0.322. The van der Waals surface area contributed by atoms with Crippen molar-refractivity contribution in [3.63, 3.8) is 0 Å². The van der Waals surface area contributed by atoms with Crippen LogP contribution in [0.5, 0.6) is 5.75 Å². The third-order valence-corrected chi connectivity index (χ3v) is 5.83. The number of ether oxygens (including phenoxy) is 1. The van der Waals surface area contributed by atoms with Crippen molar-refractivity contribution in [2.24, 2.45) is 0 Å². The van der Waals surface area contributed by atoms with E-state index >= 15 is 0 Å². The van der Waals surface area contributed by atoms with Gasteiger partial charge in [0.1, 0.15) is 22.9 Å². The van der Waals surface area contributed by atoms with Crippen molar-refractivity contribution in [3.05, 3.63) is 106 Å². The molecule has 5 aromatic rings. The minimum absolute atomic E-state index is 0.218. The van der Waals surface area contributed by atoms with Gasteiger partial charge >= 0.3 is 5.69 Å². The Morgan fingerprint density at radius 3 is 2.57 bits per heavy atom. The van der Waals surface area contributed by atoms with Crippen LogP contribution in [0.3, 0.4) is 0 Å². The van der Waals surface area contributed by atoms with E-state index < -0.39 is 17.3 Å². The van der Waals surface area contributed by atoms with Gasteiger partial charge in [-0.15, -0.1) is 0 Å². The molecule has 0 saturated carbocycles. The van der Waals surface area contributed by atoms with Gasteiger partial charge in [-0.1, -0.05) is 18.2 Å². The number of rotatable bonds is 9. The van der Waals surface area contributed by atoms with Crippen molar-refractivity contribution in [2.75, 3.05) is 18.5 Å². The van der Waals surface area contributed by atoms with Gasteiger partial charge in [-0.3, -0.25) is 9.55 Å². The average Bonchev–Trinajstić information content (AvgIpc) is 3.17. The normalized spacial score (nSPS) is 11.1. The molecule has 0 spiro atoms. The summed E-state index contributed by atoms with van der Waals surface area (Å²) in [6.45, 7) is 2.53. The van der Waals surface area contributed by atoms with Gasteiger partial charge in [0.05, 0.1) is 25.0 Å². The molecule has 2 aromatic carbocycles. The summed E-state index contributed by atoms with van der Waals surface area (Å²) in [5.41, 5.74) is 1.33. The van der Waals surface area contributed by atoms with Gasteiger partial charge in [-0.25, -0.2) is 23.1 Å². The molecular weight excluding hydrogens is 478 g/mol. The van der Waals surface area contributed by atoms with Gasteiger partial charge in [0.15, 0.2) is 5.65 Å². The monoisotopic (exact) mass is 502 g/mol. The zero-order chi connectivity index (χ0) is 25.8. The lowest BCUT2D eigenvalue weighted by molar-refractivity contribution is 0.340. The van der Waals surface area contributed by atoms with Gasteiger partial charge < -0.3 is 10.1 Å². The molecule has 10 heteroatoms. The molecule has 0 saturated heterocycles. The van der Waals surface area contributed by atoms with Gasteiger partial charge in [0.25, 0.3) is 0 Å². The second-order valence-electron chi connectivity index (χ2n) is 8.24. The maximum atomic E-state index is 14.5. The van der Waals surface area contributed by atoms with E-state index in [4.69, 9.17) is 4.74 Å². The first-order chi connectivity index (χ1) is 18.0. The number of aromatic nitrogens is 5. The third-order valence-electron chi connectivity index (χ3n) is 5.83. The first-order valence-corrected chi connectivity index (χ1v) is 11.8. The first kappa shape index (κ1) is 24.1. The molecule has 1 N–H and O–H groups in total. The predicted molar refractivity (Wildman–Crippen MR) is 136 cm³/mol. The molecule has 3 aromatic heterocycles. The molecule has 0 unspecified atom stereocenters. The third kappa shape index (κ3) is 5.04. The Bertz CT molecular complexity index is 1580. The van der Waals surface area contributed by atoms with Crippen molar-refractivity contribution in [2.45, 2.75) is 19.9 Å². The average molecular weight is 503 g/mol. The lowest BCUT2D eigenvalue weighted by Crippen LogP contribution is -2.24. The van der Waals surface area contributed by atoms with Crippen LogP contribution < -0.4 is 15.7 Å². The number of hydrogen-bond acceptors (Lipinski definition) is 6. The molecule has 3 heterocycles. The summed E-state index contributed by atoms with van der Waals surface area (Å²) in [6, 6.07) is 16.3. The fourth-order valence-electron chi connectivity index (χ4n) is 4.08. The molecule has 37 heavy (non-hydrogen) atoms. The SMILES string of the molecule is CCOc1cccc(-n2c(=O)n(Cc3c(F)cccc3F)c3cnc(NCCc4ccccn4)nc32)c1. The minimum Gasteiger partial charge on any atom is -0.494 e. The Labute approximate surface area is 211 Å². The van der Waals surface area contributed by atoms with Crippen LogP contribution in [0.2, 0.25) is 0 Å². The summed E-state index contributed by atoms with van der Waals surface area (Å²) >= 11 is 0. The van der Waals surface area contributed by atoms with Crippen LogP contribution in [0.15, 0.2) is 77.9 Å². The van der Waals surface area contributed by atoms with Gasteiger partial charge in [0, 0.05) is 36.5 Å². The molecule has 0 fully saturated rings. The molecule has 0 aliphatic heterocycles. The van der Waals surface area contributed by atoms with E-state index in [-0.39, 0.29) is 12.1 Å². The standard InChI is InChI=1S/C27H24F2N6O2/c1-2-37-20-9-5-8-19(15-20)35-25-24(34(27(35)36)17-21-22(28)10-6-11-23(21)29)16-32-26(33-25)31-14-12-18-7-3-4-13-30-18/h3-11,13,15-16H,2,12,14,17H2,1H3,(H,31,32,33). The highest BCUT2D eigenvalue weighted by molar-refractivity contribution is 5.74. The predicted octanol–water partition coefficient (Wildman–Crippen LogP) is 4.36. The highest BCUT2D eigenvalue weighted by Gasteiger charge is 2.20. The number of fused-ring (bicyclic) bond motifs is 1. The zero-order valence-corrected chi connectivity index (χ0v) is 20.1. The first-order valence-electron chi connectivity index (χ1n) is 11.8. The number of imidazole rings is 1. The number of benzene rings is 2. The summed E-state index contributed by atoms with van der Waals surface area (Å²) in [6.07, 6.45) is 3.86. The maximum absolute atomic E-state index is 14.5. The number of halogens is 2. The van der Waals surface area contributed by atoms with Crippen molar-refractivity contribution < 1.29 is 13.5 Å². The van der Waals surface area contributed by atoms with E-state index in [9.17, 15) is 13.6 Å². The van der Waals surface area contributed by atoms with E-state index in [1.807, 2.05) is 25.1 Å². The number of pyridine rings is 1. The van der Waals surface area contributed by atoms with Crippen molar-refractivity contribution in [1.29, 1.82) is 0 Å². The van der Waals surface area contributed by atoms with Crippen molar-refractivity contribution in [3.8, 4) is 11.4 Å². The fraction of sp³-hybridized carbons (Fsp3) is 0.185. The summed E-state index contributed by atoms with van der Waals surface area (Å²) in [5, 5.41) is 3.16. The highest BCUT2D eigenvalue weighted by atomic mass is 19.1. The van der Waals surface area contributed by atoms with E-state index in [0.717, 1.165) is 17.8 Å². The van der Waals surface area contributed by atoms with Crippen LogP contribution in [0.25, 0.3) is 16.9 Å². The molecule has 5 rings (SSSR count). The molecule has 8 nitrogen and oxygen atoms in total. The molecule has 0 atom stereocenters. The van der Waals surface area contributed by atoms with E-state index in [0.29, 0.717) is 48.1 Å². The molecular formula is C27H24F2N6O2. The Balaban J connectivity index is 1.57. The Morgan fingerprint density at radius 2 is 1.81 bits per heavy atom.